The molecule has 0 amide bonds. The second-order valence-electron chi connectivity index (χ2n) is 5.17. The van der Waals surface area contributed by atoms with Crippen molar-refractivity contribution in [2.45, 2.75) is 13.1 Å². The highest BCUT2D eigenvalue weighted by molar-refractivity contribution is 7.16. The number of aromatic nitrogens is 4. The number of hydrogen-bond acceptors (Lipinski definition) is 5. The molecule has 23 heavy (non-hydrogen) atoms. The molecule has 4 aromatic rings. The van der Waals surface area contributed by atoms with Crippen LogP contribution >= 0.6 is 11.3 Å². The van der Waals surface area contributed by atoms with Crippen molar-refractivity contribution in [3.05, 3.63) is 71.9 Å². The van der Waals surface area contributed by atoms with Crippen LogP contribution in [0.1, 0.15) is 11.4 Å². The Labute approximate surface area is 137 Å². The van der Waals surface area contributed by atoms with Gasteiger partial charge in [-0.3, -0.25) is 0 Å². The van der Waals surface area contributed by atoms with Crippen LogP contribution in [0.4, 0.5) is 5.82 Å². The van der Waals surface area contributed by atoms with Gasteiger partial charge in [-0.25, -0.2) is 15.0 Å². The van der Waals surface area contributed by atoms with E-state index in [1.165, 1.54) is 5.56 Å². The van der Waals surface area contributed by atoms with Crippen LogP contribution in [0.2, 0.25) is 0 Å². The second kappa shape index (κ2) is 6.18. The first-order valence-corrected chi connectivity index (χ1v) is 8.24. The van der Waals surface area contributed by atoms with E-state index in [0.717, 1.165) is 28.4 Å². The van der Waals surface area contributed by atoms with E-state index in [4.69, 9.17) is 0 Å². The maximum atomic E-state index is 4.45. The van der Waals surface area contributed by atoms with Crippen molar-refractivity contribution >= 4 is 27.4 Å². The number of nitrogens with zero attached hydrogens (tertiary/aromatic N) is 4. The fraction of sp³-hybridized carbons (Fsp3) is 0.118. The van der Waals surface area contributed by atoms with Crippen LogP contribution in [0, 0.1) is 0 Å². The lowest BCUT2D eigenvalue weighted by Crippen LogP contribution is -2.10. The Kier molecular flexibility index (Phi) is 3.73. The van der Waals surface area contributed by atoms with Crippen molar-refractivity contribution in [2.75, 3.05) is 5.32 Å². The standard InChI is InChI=1S/C17H15N5S/c1-2-4-13(5-3-1)11-22-8-7-18-15(22)10-19-16-14-6-9-23-17(14)21-12-20-16/h1-9,12H,10-11H2,(H,19,20,21). The number of imidazole rings is 1. The molecule has 3 heterocycles. The monoisotopic (exact) mass is 321 g/mol. The summed E-state index contributed by atoms with van der Waals surface area (Å²) in [6, 6.07) is 12.4. The number of fused-ring (bicyclic) bond motifs is 1. The Hall–Kier alpha value is -2.73. The molecule has 0 radical (unpaired) electrons. The van der Waals surface area contributed by atoms with Gasteiger partial charge in [0.15, 0.2) is 0 Å². The van der Waals surface area contributed by atoms with Gasteiger partial charge in [0.25, 0.3) is 0 Å². The fourth-order valence-electron chi connectivity index (χ4n) is 2.53. The molecule has 114 valence electrons. The first-order valence-electron chi connectivity index (χ1n) is 7.36. The maximum Gasteiger partial charge on any atom is 0.138 e. The summed E-state index contributed by atoms with van der Waals surface area (Å²) in [6.45, 7) is 1.44. The molecule has 0 spiro atoms. The van der Waals surface area contributed by atoms with Crippen LogP contribution in [0.25, 0.3) is 10.2 Å². The number of benzene rings is 1. The van der Waals surface area contributed by atoms with Gasteiger partial charge in [-0.2, -0.15) is 0 Å². The maximum absolute atomic E-state index is 4.45. The zero-order chi connectivity index (χ0) is 15.5. The van der Waals surface area contributed by atoms with Crippen molar-refractivity contribution in [3.8, 4) is 0 Å². The molecule has 6 heteroatoms. The topological polar surface area (TPSA) is 55.6 Å². The third-order valence-electron chi connectivity index (χ3n) is 3.67. The van der Waals surface area contributed by atoms with Gasteiger partial charge < -0.3 is 9.88 Å². The summed E-state index contributed by atoms with van der Waals surface area (Å²) in [5.74, 6) is 1.83. The highest BCUT2D eigenvalue weighted by Crippen LogP contribution is 2.23. The highest BCUT2D eigenvalue weighted by Gasteiger charge is 2.07. The summed E-state index contributed by atoms with van der Waals surface area (Å²) in [5.41, 5.74) is 1.26. The van der Waals surface area contributed by atoms with Crippen LogP contribution in [-0.4, -0.2) is 19.5 Å². The molecule has 4 rings (SSSR count). The molecule has 5 nitrogen and oxygen atoms in total. The number of thiophene rings is 1. The van der Waals surface area contributed by atoms with E-state index < -0.39 is 0 Å². The first-order chi connectivity index (χ1) is 11.4. The third kappa shape index (κ3) is 2.93. The van der Waals surface area contributed by atoms with Crippen LogP contribution in [0.15, 0.2) is 60.5 Å². The largest absolute Gasteiger partial charge is 0.362 e. The Morgan fingerprint density at radius 3 is 2.87 bits per heavy atom. The quantitative estimate of drug-likeness (QED) is 0.611. The van der Waals surface area contributed by atoms with Crippen LogP contribution in [0.5, 0.6) is 0 Å². The predicted molar refractivity (Wildman–Crippen MR) is 92.5 cm³/mol. The van der Waals surface area contributed by atoms with E-state index in [0.29, 0.717) is 6.54 Å². The minimum absolute atomic E-state index is 0.627. The van der Waals surface area contributed by atoms with E-state index in [9.17, 15) is 0 Å². The van der Waals surface area contributed by atoms with Crippen molar-refractivity contribution in [1.82, 2.24) is 19.5 Å². The molecule has 0 aliphatic heterocycles. The van der Waals surface area contributed by atoms with Crippen LogP contribution < -0.4 is 5.32 Å². The lowest BCUT2D eigenvalue weighted by molar-refractivity contribution is 0.735. The van der Waals surface area contributed by atoms with E-state index in [1.54, 1.807) is 17.7 Å². The molecule has 0 aliphatic carbocycles. The minimum Gasteiger partial charge on any atom is -0.362 e. The number of hydrogen-bond donors (Lipinski definition) is 1. The van der Waals surface area contributed by atoms with Crippen molar-refractivity contribution in [3.63, 3.8) is 0 Å². The summed E-state index contributed by atoms with van der Waals surface area (Å²) in [5, 5.41) is 6.46. The highest BCUT2D eigenvalue weighted by atomic mass is 32.1. The molecule has 0 aliphatic rings. The van der Waals surface area contributed by atoms with E-state index in [-0.39, 0.29) is 0 Å². The van der Waals surface area contributed by atoms with Crippen LogP contribution in [0.3, 0.4) is 0 Å². The van der Waals surface area contributed by atoms with Gasteiger partial charge in [0.1, 0.15) is 22.8 Å². The summed E-state index contributed by atoms with van der Waals surface area (Å²) < 4.78 is 2.15. The van der Waals surface area contributed by atoms with Gasteiger partial charge in [-0.1, -0.05) is 30.3 Å². The van der Waals surface area contributed by atoms with Gasteiger partial charge in [-0.05, 0) is 17.0 Å². The molecule has 3 aromatic heterocycles. The Morgan fingerprint density at radius 1 is 1.04 bits per heavy atom. The smallest absolute Gasteiger partial charge is 0.138 e. The summed E-state index contributed by atoms with van der Waals surface area (Å²) >= 11 is 1.62. The van der Waals surface area contributed by atoms with E-state index >= 15 is 0 Å². The molecule has 0 bridgehead atoms. The van der Waals surface area contributed by atoms with Gasteiger partial charge >= 0.3 is 0 Å². The second-order valence-corrected chi connectivity index (χ2v) is 6.07. The zero-order valence-electron chi connectivity index (χ0n) is 12.4. The molecular formula is C17H15N5S. The first kappa shape index (κ1) is 13.9. The molecule has 1 N–H and O–H groups in total. The van der Waals surface area contributed by atoms with Crippen LogP contribution in [-0.2, 0) is 13.1 Å². The Morgan fingerprint density at radius 2 is 1.96 bits per heavy atom. The molecule has 0 unspecified atom stereocenters. The molecule has 0 saturated carbocycles. The zero-order valence-corrected chi connectivity index (χ0v) is 13.2. The average Bonchev–Trinajstić information content (AvgIpc) is 3.23. The third-order valence-corrected chi connectivity index (χ3v) is 4.49. The lowest BCUT2D eigenvalue weighted by atomic mass is 10.2. The average molecular weight is 321 g/mol. The van der Waals surface area contributed by atoms with Crippen molar-refractivity contribution < 1.29 is 0 Å². The Balaban J connectivity index is 1.52. The number of anilines is 1. The summed E-state index contributed by atoms with van der Waals surface area (Å²) in [4.78, 5) is 14.1. The van der Waals surface area contributed by atoms with Crippen molar-refractivity contribution in [1.29, 1.82) is 0 Å². The predicted octanol–water partition coefficient (Wildman–Crippen LogP) is 3.55. The normalized spacial score (nSPS) is 11.0. The molecule has 0 saturated heterocycles. The number of nitrogens with one attached hydrogen (secondary N) is 1. The van der Waals surface area contributed by atoms with Gasteiger partial charge in [0.05, 0.1) is 11.9 Å². The van der Waals surface area contributed by atoms with E-state index in [2.05, 4.69) is 49.1 Å². The summed E-state index contributed by atoms with van der Waals surface area (Å²) in [6.07, 6.45) is 5.43. The van der Waals surface area contributed by atoms with Gasteiger partial charge in [0, 0.05) is 18.9 Å². The van der Waals surface area contributed by atoms with Crippen molar-refractivity contribution in [2.24, 2.45) is 0 Å². The SMILES string of the molecule is c1ccc(Cn2ccnc2CNc2ncnc3sccc23)cc1. The lowest BCUT2D eigenvalue weighted by Gasteiger charge is -2.10. The molecule has 0 atom stereocenters. The summed E-state index contributed by atoms with van der Waals surface area (Å²) in [7, 11) is 0. The van der Waals surface area contributed by atoms with Gasteiger partial charge in [0.2, 0.25) is 0 Å². The number of rotatable bonds is 5. The van der Waals surface area contributed by atoms with E-state index in [1.807, 2.05) is 29.9 Å². The molecule has 0 fully saturated rings. The minimum atomic E-state index is 0.627. The molecule has 1 aromatic carbocycles. The van der Waals surface area contributed by atoms with Gasteiger partial charge in [-0.15, -0.1) is 11.3 Å². The Bertz CT molecular complexity index is 913. The molecular weight excluding hydrogens is 306 g/mol. The fourth-order valence-corrected chi connectivity index (χ4v) is 3.26.